The first-order valence-corrected chi connectivity index (χ1v) is 5.99. The number of alkyl halides is 3. The Morgan fingerprint density at radius 1 is 1.45 bits per heavy atom. The average Bonchev–Trinajstić information content (AvgIpc) is 2.33. The van der Waals surface area contributed by atoms with Gasteiger partial charge in [-0.05, 0) is 18.6 Å². The number of halogens is 3. The number of anilines is 1. The Bertz CT molecular complexity index is 539. The second kappa shape index (κ2) is 4.62. The molecule has 0 spiro atoms. The van der Waals surface area contributed by atoms with Crippen molar-refractivity contribution in [2.24, 2.45) is 0 Å². The van der Waals surface area contributed by atoms with Crippen LogP contribution in [0.3, 0.4) is 0 Å². The molecule has 0 aromatic heterocycles. The molecule has 110 valence electrons. The van der Waals surface area contributed by atoms with Crippen LogP contribution in [0.15, 0.2) is 18.2 Å². The molecule has 0 atom stereocenters. The highest BCUT2D eigenvalue weighted by Crippen LogP contribution is 2.39. The Hall–Kier alpha value is -1.83. The smallest absolute Gasteiger partial charge is 0.386 e. The minimum Gasteiger partial charge on any atom is -0.386 e. The number of β-amino-alcohol motifs (C(OH)–C–C–N with tert-alkyl or cyclic N) is 1. The van der Waals surface area contributed by atoms with Crippen LogP contribution in [0.25, 0.3) is 0 Å². The maximum atomic E-state index is 12.6. The van der Waals surface area contributed by atoms with E-state index in [0.29, 0.717) is 12.5 Å². The van der Waals surface area contributed by atoms with Crippen LogP contribution in [0.4, 0.5) is 24.5 Å². The fourth-order valence-electron chi connectivity index (χ4n) is 2.17. The molecule has 1 fully saturated rings. The lowest BCUT2D eigenvalue weighted by Crippen LogP contribution is -2.61. The summed E-state index contributed by atoms with van der Waals surface area (Å²) in [5, 5.41) is 20.8. The van der Waals surface area contributed by atoms with Gasteiger partial charge in [0.2, 0.25) is 0 Å². The largest absolute Gasteiger partial charge is 0.416 e. The average molecular weight is 290 g/mol. The van der Waals surface area contributed by atoms with Crippen LogP contribution < -0.4 is 4.90 Å². The second-order valence-corrected chi connectivity index (χ2v) is 4.89. The first-order valence-electron chi connectivity index (χ1n) is 5.99. The number of hydrogen-bond donors (Lipinski definition) is 1. The van der Waals surface area contributed by atoms with Gasteiger partial charge < -0.3 is 10.0 Å². The van der Waals surface area contributed by atoms with Gasteiger partial charge in [-0.25, -0.2) is 0 Å². The molecular formula is C12H13F3N2O3. The predicted octanol–water partition coefficient (Wildman–Crippen LogP) is 2.57. The molecule has 5 nitrogen and oxygen atoms in total. The van der Waals surface area contributed by atoms with Crippen molar-refractivity contribution in [1.29, 1.82) is 0 Å². The van der Waals surface area contributed by atoms with E-state index in [1.54, 1.807) is 6.92 Å². The Morgan fingerprint density at radius 2 is 2.05 bits per heavy atom. The number of nitrogens with zero attached hydrogens (tertiary/aromatic N) is 2. The molecule has 0 unspecified atom stereocenters. The van der Waals surface area contributed by atoms with Crippen LogP contribution in [0.2, 0.25) is 0 Å². The van der Waals surface area contributed by atoms with E-state index < -0.39 is 28.0 Å². The van der Waals surface area contributed by atoms with E-state index in [1.807, 2.05) is 0 Å². The zero-order chi connectivity index (χ0) is 15.1. The lowest BCUT2D eigenvalue weighted by Gasteiger charge is -2.47. The monoisotopic (exact) mass is 290 g/mol. The van der Waals surface area contributed by atoms with Gasteiger partial charge in [0.1, 0.15) is 5.69 Å². The Labute approximate surface area is 112 Å². The van der Waals surface area contributed by atoms with E-state index in [-0.39, 0.29) is 18.8 Å². The van der Waals surface area contributed by atoms with Crippen molar-refractivity contribution in [3.63, 3.8) is 0 Å². The first-order chi connectivity index (χ1) is 9.16. The van der Waals surface area contributed by atoms with E-state index in [9.17, 15) is 28.4 Å². The normalized spacial score (nSPS) is 17.8. The summed E-state index contributed by atoms with van der Waals surface area (Å²) in [6, 6.07) is 2.42. The Kier molecular flexibility index (Phi) is 3.37. The van der Waals surface area contributed by atoms with Crippen LogP contribution in [0.1, 0.15) is 18.9 Å². The van der Waals surface area contributed by atoms with Crippen molar-refractivity contribution < 1.29 is 23.2 Å². The van der Waals surface area contributed by atoms with Gasteiger partial charge in [-0.3, -0.25) is 10.1 Å². The van der Waals surface area contributed by atoms with Crippen molar-refractivity contribution >= 4 is 11.4 Å². The third-order valence-corrected chi connectivity index (χ3v) is 3.47. The second-order valence-electron chi connectivity index (χ2n) is 4.89. The highest BCUT2D eigenvalue weighted by Gasteiger charge is 2.42. The molecule has 0 bridgehead atoms. The third kappa shape index (κ3) is 2.55. The van der Waals surface area contributed by atoms with Gasteiger partial charge in [-0.2, -0.15) is 13.2 Å². The number of benzene rings is 1. The minimum absolute atomic E-state index is 0.0983. The summed E-state index contributed by atoms with van der Waals surface area (Å²) >= 11 is 0. The Morgan fingerprint density at radius 3 is 2.50 bits per heavy atom. The van der Waals surface area contributed by atoms with Crippen molar-refractivity contribution in [2.75, 3.05) is 18.0 Å². The fraction of sp³-hybridized carbons (Fsp3) is 0.500. The maximum absolute atomic E-state index is 12.6. The third-order valence-electron chi connectivity index (χ3n) is 3.47. The van der Waals surface area contributed by atoms with Gasteiger partial charge in [0.25, 0.3) is 5.69 Å². The van der Waals surface area contributed by atoms with Gasteiger partial charge in [0.15, 0.2) is 0 Å². The highest BCUT2D eigenvalue weighted by atomic mass is 19.4. The van der Waals surface area contributed by atoms with Gasteiger partial charge in [-0.1, -0.05) is 6.92 Å². The number of aliphatic hydroxyl groups is 1. The molecule has 2 rings (SSSR count). The molecule has 1 N–H and O–H groups in total. The molecule has 0 radical (unpaired) electrons. The summed E-state index contributed by atoms with van der Waals surface area (Å²) in [4.78, 5) is 11.6. The summed E-state index contributed by atoms with van der Waals surface area (Å²) in [7, 11) is 0. The molecule has 20 heavy (non-hydrogen) atoms. The van der Waals surface area contributed by atoms with Crippen LogP contribution in [-0.4, -0.2) is 28.7 Å². The molecular weight excluding hydrogens is 277 g/mol. The van der Waals surface area contributed by atoms with Crippen molar-refractivity contribution in [2.45, 2.75) is 25.1 Å². The van der Waals surface area contributed by atoms with Crippen molar-refractivity contribution in [1.82, 2.24) is 0 Å². The first kappa shape index (κ1) is 14.6. The van der Waals surface area contributed by atoms with Crippen molar-refractivity contribution in [3.8, 4) is 0 Å². The molecule has 0 amide bonds. The van der Waals surface area contributed by atoms with Crippen LogP contribution >= 0.6 is 0 Å². The SMILES string of the molecule is CCC1(O)CN(c2ccc(C(F)(F)F)cc2[N+](=O)[O-])C1. The molecule has 0 saturated carbocycles. The fourth-order valence-corrected chi connectivity index (χ4v) is 2.17. The van der Waals surface area contributed by atoms with Gasteiger partial charge >= 0.3 is 6.18 Å². The molecule has 1 heterocycles. The van der Waals surface area contributed by atoms with Crippen molar-refractivity contribution in [3.05, 3.63) is 33.9 Å². The standard InChI is InChI=1S/C12H13F3N2O3/c1-2-11(18)6-16(7-11)9-4-3-8(12(13,14)15)5-10(9)17(19)20/h3-5,18H,2,6-7H2,1H3. The van der Waals surface area contributed by atoms with E-state index in [4.69, 9.17) is 0 Å². The van der Waals surface area contributed by atoms with Gasteiger partial charge in [0.05, 0.1) is 16.1 Å². The number of hydrogen-bond acceptors (Lipinski definition) is 4. The molecule has 8 heteroatoms. The summed E-state index contributed by atoms with van der Waals surface area (Å²) in [6.45, 7) is 2.13. The quantitative estimate of drug-likeness (QED) is 0.686. The van der Waals surface area contributed by atoms with Crippen LogP contribution in [-0.2, 0) is 6.18 Å². The summed E-state index contributed by atoms with van der Waals surface area (Å²) in [6.07, 6.45) is -4.14. The highest BCUT2D eigenvalue weighted by molar-refractivity contribution is 5.66. The lowest BCUT2D eigenvalue weighted by molar-refractivity contribution is -0.384. The molecule has 1 aliphatic rings. The van der Waals surface area contributed by atoms with Crippen LogP contribution in [0.5, 0.6) is 0 Å². The topological polar surface area (TPSA) is 66.6 Å². The minimum atomic E-state index is -4.62. The zero-order valence-corrected chi connectivity index (χ0v) is 10.6. The number of nitro benzene ring substituents is 1. The zero-order valence-electron chi connectivity index (χ0n) is 10.6. The molecule has 1 saturated heterocycles. The van der Waals surface area contributed by atoms with Gasteiger partial charge in [-0.15, -0.1) is 0 Å². The van der Waals surface area contributed by atoms with Crippen LogP contribution in [0, 0.1) is 10.1 Å². The number of nitro groups is 1. The van der Waals surface area contributed by atoms with Gasteiger partial charge in [0, 0.05) is 19.2 Å². The maximum Gasteiger partial charge on any atom is 0.416 e. The Balaban J connectivity index is 2.33. The van der Waals surface area contributed by atoms with E-state index >= 15 is 0 Å². The summed E-state index contributed by atoms with van der Waals surface area (Å²) < 4.78 is 37.7. The molecule has 1 aromatic rings. The van der Waals surface area contributed by atoms with E-state index in [2.05, 4.69) is 0 Å². The summed E-state index contributed by atoms with van der Waals surface area (Å²) in [5.41, 5.74) is -2.48. The molecule has 0 aliphatic carbocycles. The number of rotatable bonds is 3. The molecule has 1 aromatic carbocycles. The van der Waals surface area contributed by atoms with E-state index in [0.717, 1.165) is 12.1 Å². The van der Waals surface area contributed by atoms with E-state index in [1.165, 1.54) is 4.90 Å². The lowest BCUT2D eigenvalue weighted by atomic mass is 9.90. The molecule has 1 aliphatic heterocycles. The summed E-state index contributed by atoms with van der Waals surface area (Å²) in [5.74, 6) is 0. The predicted molar refractivity (Wildman–Crippen MR) is 65.6 cm³/mol.